The maximum absolute atomic E-state index is 12.7. The molecule has 0 spiro atoms. The molecule has 1 aromatic heterocycles. The van der Waals surface area contributed by atoms with E-state index in [1.54, 1.807) is 30.3 Å². The lowest BCUT2D eigenvalue weighted by atomic mass is 10.0. The molecule has 0 unspecified atom stereocenters. The van der Waals surface area contributed by atoms with Crippen LogP contribution in [-0.4, -0.2) is 23.3 Å². The van der Waals surface area contributed by atoms with Crippen LogP contribution in [0, 0.1) is 11.3 Å². The molecule has 0 aliphatic heterocycles. The molecule has 7 heteroatoms. The summed E-state index contributed by atoms with van der Waals surface area (Å²) in [7, 11) is 0. The van der Waals surface area contributed by atoms with Crippen LogP contribution >= 0.6 is 15.9 Å². The summed E-state index contributed by atoms with van der Waals surface area (Å²) in [4.78, 5) is 29.4. The molecule has 0 bridgehead atoms. The van der Waals surface area contributed by atoms with Crippen LogP contribution in [0.4, 0.5) is 0 Å². The number of benzene rings is 2. The van der Waals surface area contributed by atoms with Crippen molar-refractivity contribution in [2.45, 2.75) is 6.92 Å². The van der Waals surface area contributed by atoms with E-state index in [1.807, 2.05) is 30.3 Å². The molecule has 1 heterocycles. The van der Waals surface area contributed by atoms with Crippen molar-refractivity contribution < 1.29 is 14.3 Å². The number of rotatable bonds is 5. The number of esters is 1. The Morgan fingerprint density at radius 2 is 1.86 bits per heavy atom. The van der Waals surface area contributed by atoms with Crippen LogP contribution < -0.4 is 5.73 Å². The number of carbonyl (C=O) groups is 2. The molecular formula is C22H16BrN3O3. The number of halogens is 1. The van der Waals surface area contributed by atoms with Gasteiger partial charge in [0.1, 0.15) is 11.6 Å². The van der Waals surface area contributed by atoms with Gasteiger partial charge in [-0.3, -0.25) is 4.79 Å². The predicted molar refractivity (Wildman–Crippen MR) is 113 cm³/mol. The maximum atomic E-state index is 12.7. The summed E-state index contributed by atoms with van der Waals surface area (Å²) in [5, 5.41) is 9.62. The quantitative estimate of drug-likeness (QED) is 0.356. The number of hydrogen-bond acceptors (Lipinski definition) is 6. The molecule has 3 rings (SSSR count). The Kier molecular flexibility index (Phi) is 6.05. The fraction of sp³-hybridized carbons (Fsp3) is 0.0909. The Morgan fingerprint density at radius 1 is 1.17 bits per heavy atom. The number of carbonyl (C=O) groups excluding carboxylic acids is 2. The van der Waals surface area contributed by atoms with E-state index in [9.17, 15) is 9.59 Å². The predicted octanol–water partition coefficient (Wildman–Crippen LogP) is 4.15. The van der Waals surface area contributed by atoms with Crippen LogP contribution in [0.15, 0.2) is 70.3 Å². The van der Waals surface area contributed by atoms with Gasteiger partial charge in [-0.25, -0.2) is 9.78 Å². The minimum atomic E-state index is -0.678. The monoisotopic (exact) mass is 449 g/mol. The van der Waals surface area contributed by atoms with E-state index in [-0.39, 0.29) is 16.8 Å². The van der Waals surface area contributed by atoms with Crippen molar-refractivity contribution in [3.8, 4) is 17.3 Å². The molecule has 144 valence electrons. The van der Waals surface area contributed by atoms with Gasteiger partial charge in [-0.15, -0.1) is 0 Å². The van der Waals surface area contributed by atoms with Crippen LogP contribution in [0.1, 0.15) is 17.3 Å². The van der Waals surface area contributed by atoms with Gasteiger partial charge in [0, 0.05) is 21.1 Å². The zero-order chi connectivity index (χ0) is 21.0. The average Bonchev–Trinajstić information content (AvgIpc) is 2.72. The van der Waals surface area contributed by atoms with Gasteiger partial charge < -0.3 is 10.5 Å². The third kappa shape index (κ3) is 4.50. The molecule has 0 saturated carbocycles. The first-order valence-corrected chi connectivity index (χ1v) is 9.42. The molecule has 0 aliphatic rings. The summed E-state index contributed by atoms with van der Waals surface area (Å²) >= 11 is 3.40. The van der Waals surface area contributed by atoms with Crippen molar-refractivity contribution in [2.24, 2.45) is 5.73 Å². The van der Waals surface area contributed by atoms with Gasteiger partial charge in [0.05, 0.1) is 16.8 Å². The van der Waals surface area contributed by atoms with Crippen LogP contribution in [0.5, 0.6) is 0 Å². The summed E-state index contributed by atoms with van der Waals surface area (Å²) in [6, 6.07) is 18.1. The van der Waals surface area contributed by atoms with Crippen molar-refractivity contribution in [3.05, 3.63) is 75.9 Å². The number of Topliss-reactive ketones (excluding diaryl/α,β-unsaturated/α-hetero) is 1. The Balaban J connectivity index is 1.96. The summed E-state index contributed by atoms with van der Waals surface area (Å²) in [6.45, 7) is 0.875. The van der Waals surface area contributed by atoms with Gasteiger partial charge in [0.15, 0.2) is 6.61 Å². The molecule has 0 atom stereocenters. The minimum Gasteiger partial charge on any atom is -0.454 e. The SMILES string of the molecule is CC(N)=C(C#N)C(=O)COC(=O)c1cc(-c2ccc(Br)cc2)nc2ccccc12. The van der Waals surface area contributed by atoms with Gasteiger partial charge in [-0.2, -0.15) is 5.26 Å². The Labute approximate surface area is 175 Å². The summed E-state index contributed by atoms with van der Waals surface area (Å²) in [5.74, 6) is -1.32. The first-order valence-electron chi connectivity index (χ1n) is 8.63. The number of ether oxygens (including phenoxy) is 1. The molecule has 0 aliphatic carbocycles. The Bertz CT molecular complexity index is 1170. The topological polar surface area (TPSA) is 106 Å². The van der Waals surface area contributed by atoms with Crippen LogP contribution in [0.2, 0.25) is 0 Å². The molecule has 0 radical (unpaired) electrons. The van der Waals surface area contributed by atoms with E-state index in [2.05, 4.69) is 20.9 Å². The highest BCUT2D eigenvalue weighted by molar-refractivity contribution is 9.10. The summed E-state index contributed by atoms with van der Waals surface area (Å²) in [6.07, 6.45) is 0. The van der Waals surface area contributed by atoms with E-state index in [1.165, 1.54) is 6.92 Å². The number of nitrogens with two attached hydrogens (primary N) is 1. The number of nitriles is 1. The number of ketones is 1. The van der Waals surface area contributed by atoms with Crippen LogP contribution in [-0.2, 0) is 9.53 Å². The van der Waals surface area contributed by atoms with Crippen LogP contribution in [0.3, 0.4) is 0 Å². The molecular weight excluding hydrogens is 434 g/mol. The van der Waals surface area contributed by atoms with E-state index in [0.717, 1.165) is 10.0 Å². The third-order valence-corrected chi connectivity index (χ3v) is 4.72. The number of hydrogen-bond donors (Lipinski definition) is 1. The van der Waals surface area contributed by atoms with Gasteiger partial charge in [0.2, 0.25) is 5.78 Å². The van der Waals surface area contributed by atoms with Crippen molar-refractivity contribution >= 4 is 38.6 Å². The maximum Gasteiger partial charge on any atom is 0.339 e. The normalized spacial score (nSPS) is 11.5. The molecule has 0 saturated heterocycles. The number of para-hydroxylation sites is 1. The van der Waals surface area contributed by atoms with Crippen molar-refractivity contribution in [1.82, 2.24) is 4.98 Å². The second kappa shape index (κ2) is 8.67. The van der Waals surface area contributed by atoms with Gasteiger partial charge in [0.25, 0.3) is 0 Å². The Hall–Kier alpha value is -3.50. The second-order valence-corrected chi connectivity index (χ2v) is 7.16. The largest absolute Gasteiger partial charge is 0.454 e. The fourth-order valence-corrected chi connectivity index (χ4v) is 3.03. The van der Waals surface area contributed by atoms with Gasteiger partial charge >= 0.3 is 5.97 Å². The van der Waals surface area contributed by atoms with Crippen molar-refractivity contribution in [2.75, 3.05) is 6.61 Å². The molecule has 0 fully saturated rings. The lowest BCUT2D eigenvalue weighted by Gasteiger charge is -2.10. The summed E-state index contributed by atoms with van der Waals surface area (Å²) in [5.41, 5.74) is 7.73. The number of allylic oxidation sites excluding steroid dienone is 1. The minimum absolute atomic E-state index is 0.0837. The second-order valence-electron chi connectivity index (χ2n) is 6.25. The molecule has 2 N–H and O–H groups in total. The summed E-state index contributed by atoms with van der Waals surface area (Å²) < 4.78 is 6.10. The zero-order valence-corrected chi connectivity index (χ0v) is 17.1. The molecule has 0 amide bonds. The molecule has 2 aromatic carbocycles. The first-order chi connectivity index (χ1) is 13.9. The molecule has 6 nitrogen and oxygen atoms in total. The zero-order valence-electron chi connectivity index (χ0n) is 15.5. The first kappa shape index (κ1) is 20.2. The number of aromatic nitrogens is 1. The Morgan fingerprint density at radius 3 is 2.52 bits per heavy atom. The van der Waals surface area contributed by atoms with Gasteiger partial charge in [-0.1, -0.05) is 46.3 Å². The highest BCUT2D eigenvalue weighted by atomic mass is 79.9. The van der Waals surface area contributed by atoms with E-state index in [0.29, 0.717) is 16.6 Å². The molecule has 3 aromatic rings. The van der Waals surface area contributed by atoms with Crippen molar-refractivity contribution in [1.29, 1.82) is 5.26 Å². The van der Waals surface area contributed by atoms with Crippen molar-refractivity contribution in [3.63, 3.8) is 0 Å². The van der Waals surface area contributed by atoms with E-state index >= 15 is 0 Å². The van der Waals surface area contributed by atoms with E-state index < -0.39 is 18.4 Å². The van der Waals surface area contributed by atoms with Gasteiger partial charge in [-0.05, 0) is 31.2 Å². The van der Waals surface area contributed by atoms with E-state index in [4.69, 9.17) is 15.7 Å². The smallest absolute Gasteiger partial charge is 0.339 e. The highest BCUT2D eigenvalue weighted by Crippen LogP contribution is 2.26. The third-order valence-electron chi connectivity index (χ3n) is 4.20. The number of nitrogens with zero attached hydrogens (tertiary/aromatic N) is 2. The average molecular weight is 450 g/mol. The molecule has 29 heavy (non-hydrogen) atoms. The standard InChI is InChI=1S/C22H16BrN3O3/c1-13(25)18(11-24)21(27)12-29-22(28)17-10-20(14-6-8-15(23)9-7-14)26-19-5-3-2-4-16(17)19/h2-10H,12,25H2,1H3. The fourth-order valence-electron chi connectivity index (χ4n) is 2.76. The highest BCUT2D eigenvalue weighted by Gasteiger charge is 2.18. The number of pyridine rings is 1. The number of fused-ring (bicyclic) bond motifs is 1. The lowest BCUT2D eigenvalue weighted by molar-refractivity contribution is -0.118. The van der Waals surface area contributed by atoms with Crippen LogP contribution in [0.25, 0.3) is 22.2 Å². The lowest BCUT2D eigenvalue weighted by Crippen LogP contribution is -2.18.